The smallest absolute Gasteiger partial charge is 0.251 e. The topological polar surface area (TPSA) is 38.3 Å². The Morgan fingerprint density at radius 1 is 0.963 bits per heavy atom. The number of benzene rings is 3. The molecule has 4 heteroatoms. The third-order valence-electron chi connectivity index (χ3n) is 4.33. The second kappa shape index (κ2) is 9.28. The lowest BCUT2D eigenvalue weighted by molar-refractivity contribution is 0.0940. The molecule has 0 heterocycles. The highest BCUT2D eigenvalue weighted by atomic mass is 32.2. The molecule has 0 fully saturated rings. The van der Waals surface area contributed by atoms with Gasteiger partial charge in [0.25, 0.3) is 5.91 Å². The number of rotatable bonds is 7. The minimum absolute atomic E-state index is 0.0689. The Bertz CT molecular complexity index is 861. The Balaban J connectivity index is 1.56. The van der Waals surface area contributed by atoms with E-state index >= 15 is 0 Å². The number of thioether (sulfide) groups is 1. The fourth-order valence-corrected chi connectivity index (χ4v) is 3.57. The quantitative estimate of drug-likeness (QED) is 0.554. The van der Waals surface area contributed by atoms with Crippen molar-refractivity contribution in [3.63, 3.8) is 0 Å². The molecule has 1 N–H and O–H groups in total. The van der Waals surface area contributed by atoms with Gasteiger partial charge in [-0.15, -0.1) is 11.8 Å². The molecule has 0 aliphatic carbocycles. The van der Waals surface area contributed by atoms with Gasteiger partial charge in [0.15, 0.2) is 0 Å². The molecule has 3 nitrogen and oxygen atoms in total. The summed E-state index contributed by atoms with van der Waals surface area (Å²) >= 11 is 1.79. The van der Waals surface area contributed by atoms with Crippen LogP contribution in [-0.2, 0) is 5.75 Å². The second-order valence-corrected chi connectivity index (χ2v) is 7.32. The summed E-state index contributed by atoms with van der Waals surface area (Å²) in [5.41, 5.74) is 2.91. The van der Waals surface area contributed by atoms with Crippen LogP contribution in [0.3, 0.4) is 0 Å². The van der Waals surface area contributed by atoms with Crippen molar-refractivity contribution in [3.05, 3.63) is 95.6 Å². The van der Waals surface area contributed by atoms with Gasteiger partial charge >= 0.3 is 0 Å². The minimum atomic E-state index is -0.0725. The van der Waals surface area contributed by atoms with Gasteiger partial charge in [-0.2, -0.15) is 0 Å². The molecular formula is C23H23NO2S. The molecule has 1 atom stereocenters. The number of carbonyl (C=O) groups excluding carboxylic acids is 1. The van der Waals surface area contributed by atoms with E-state index in [0.29, 0.717) is 5.56 Å². The van der Waals surface area contributed by atoms with E-state index in [9.17, 15) is 4.79 Å². The minimum Gasteiger partial charge on any atom is -0.497 e. The van der Waals surface area contributed by atoms with Crippen LogP contribution in [0, 0.1) is 0 Å². The Morgan fingerprint density at radius 2 is 1.63 bits per heavy atom. The van der Waals surface area contributed by atoms with Gasteiger partial charge in [-0.3, -0.25) is 4.79 Å². The standard InChI is InChI=1S/C23H23NO2S/c1-17(19-12-14-21(26-2)15-13-19)24-23(25)20-10-8-18(9-11-20)16-27-22-6-4-3-5-7-22/h3-15,17H,16H2,1-2H3,(H,24,25)/t17-/m0/s1. The fraction of sp³-hybridized carbons (Fsp3) is 0.174. The molecule has 138 valence electrons. The van der Waals surface area contributed by atoms with Gasteiger partial charge in [0.1, 0.15) is 5.75 Å². The molecule has 0 saturated heterocycles. The van der Waals surface area contributed by atoms with Crippen molar-refractivity contribution in [3.8, 4) is 5.75 Å². The first kappa shape index (κ1) is 19.1. The Morgan fingerprint density at radius 3 is 2.26 bits per heavy atom. The average Bonchev–Trinajstić information content (AvgIpc) is 2.73. The van der Waals surface area contributed by atoms with Crippen LogP contribution in [0.5, 0.6) is 5.75 Å². The van der Waals surface area contributed by atoms with Gasteiger partial charge in [0.05, 0.1) is 13.2 Å². The monoisotopic (exact) mass is 377 g/mol. The molecule has 0 aliphatic rings. The molecule has 0 radical (unpaired) electrons. The zero-order valence-electron chi connectivity index (χ0n) is 15.5. The van der Waals surface area contributed by atoms with Crippen molar-refractivity contribution in [1.29, 1.82) is 0 Å². The van der Waals surface area contributed by atoms with Crippen LogP contribution in [0.25, 0.3) is 0 Å². The van der Waals surface area contributed by atoms with Crippen LogP contribution in [0.15, 0.2) is 83.8 Å². The third kappa shape index (κ3) is 5.38. The van der Waals surface area contributed by atoms with Crippen molar-refractivity contribution in [2.75, 3.05) is 7.11 Å². The summed E-state index contributed by atoms with van der Waals surface area (Å²) in [6, 6.07) is 25.8. The molecule has 1 amide bonds. The number of carbonyl (C=O) groups is 1. The van der Waals surface area contributed by atoms with Crippen LogP contribution in [0.1, 0.15) is 34.5 Å². The number of nitrogens with one attached hydrogen (secondary N) is 1. The molecule has 0 bridgehead atoms. The maximum Gasteiger partial charge on any atom is 0.251 e. The predicted molar refractivity (Wildman–Crippen MR) is 111 cm³/mol. The molecule has 3 aromatic carbocycles. The van der Waals surface area contributed by atoms with E-state index < -0.39 is 0 Å². The molecule has 0 saturated carbocycles. The highest BCUT2D eigenvalue weighted by Gasteiger charge is 2.11. The normalized spacial score (nSPS) is 11.6. The first-order valence-electron chi connectivity index (χ1n) is 8.87. The van der Waals surface area contributed by atoms with Crippen LogP contribution in [-0.4, -0.2) is 13.0 Å². The number of amides is 1. The van der Waals surface area contributed by atoms with Gasteiger partial charge in [-0.25, -0.2) is 0 Å². The number of ether oxygens (including phenoxy) is 1. The van der Waals surface area contributed by atoms with E-state index in [-0.39, 0.29) is 11.9 Å². The first-order valence-corrected chi connectivity index (χ1v) is 9.86. The number of hydrogen-bond acceptors (Lipinski definition) is 3. The van der Waals surface area contributed by atoms with Crippen LogP contribution in [0.4, 0.5) is 0 Å². The second-order valence-electron chi connectivity index (χ2n) is 6.27. The van der Waals surface area contributed by atoms with Gasteiger partial charge in [-0.1, -0.05) is 42.5 Å². The maximum absolute atomic E-state index is 12.5. The van der Waals surface area contributed by atoms with Crippen molar-refractivity contribution in [2.24, 2.45) is 0 Å². The van der Waals surface area contributed by atoms with Crippen LogP contribution < -0.4 is 10.1 Å². The van der Waals surface area contributed by atoms with Crippen LogP contribution >= 0.6 is 11.8 Å². The summed E-state index contributed by atoms with van der Waals surface area (Å²) in [5, 5.41) is 3.04. The molecular weight excluding hydrogens is 354 g/mol. The lowest BCUT2D eigenvalue weighted by atomic mass is 10.1. The molecule has 0 aliphatic heterocycles. The highest BCUT2D eigenvalue weighted by Crippen LogP contribution is 2.22. The highest BCUT2D eigenvalue weighted by molar-refractivity contribution is 7.98. The molecule has 0 unspecified atom stereocenters. The van der Waals surface area contributed by atoms with Crippen molar-refractivity contribution < 1.29 is 9.53 Å². The fourth-order valence-electron chi connectivity index (χ4n) is 2.69. The lowest BCUT2D eigenvalue weighted by Crippen LogP contribution is -2.26. The summed E-state index contributed by atoms with van der Waals surface area (Å²) in [6.07, 6.45) is 0. The SMILES string of the molecule is COc1ccc([C@H](C)NC(=O)c2ccc(CSc3ccccc3)cc2)cc1. The number of methoxy groups -OCH3 is 1. The molecule has 3 rings (SSSR count). The molecule has 3 aromatic rings. The Hall–Kier alpha value is -2.72. The van der Waals surface area contributed by atoms with Crippen molar-refractivity contribution in [1.82, 2.24) is 5.32 Å². The van der Waals surface area contributed by atoms with E-state index in [1.54, 1.807) is 18.9 Å². The van der Waals surface area contributed by atoms with Gasteiger partial charge in [0, 0.05) is 16.2 Å². The zero-order valence-corrected chi connectivity index (χ0v) is 16.3. The maximum atomic E-state index is 12.5. The first-order chi connectivity index (χ1) is 13.2. The van der Waals surface area contributed by atoms with E-state index in [2.05, 4.69) is 17.4 Å². The summed E-state index contributed by atoms with van der Waals surface area (Å²) < 4.78 is 5.17. The zero-order chi connectivity index (χ0) is 19.1. The average molecular weight is 378 g/mol. The third-order valence-corrected chi connectivity index (χ3v) is 5.41. The summed E-state index contributed by atoms with van der Waals surface area (Å²) in [5.74, 6) is 1.62. The van der Waals surface area contributed by atoms with E-state index in [1.165, 1.54) is 10.5 Å². The summed E-state index contributed by atoms with van der Waals surface area (Å²) in [4.78, 5) is 13.7. The molecule has 0 aromatic heterocycles. The lowest BCUT2D eigenvalue weighted by Gasteiger charge is -2.15. The summed E-state index contributed by atoms with van der Waals surface area (Å²) in [7, 11) is 1.64. The molecule has 27 heavy (non-hydrogen) atoms. The van der Waals surface area contributed by atoms with Gasteiger partial charge < -0.3 is 10.1 Å². The van der Waals surface area contributed by atoms with E-state index in [0.717, 1.165) is 17.1 Å². The predicted octanol–water partition coefficient (Wildman–Crippen LogP) is 5.48. The van der Waals surface area contributed by atoms with Crippen molar-refractivity contribution in [2.45, 2.75) is 23.6 Å². The number of hydrogen-bond donors (Lipinski definition) is 1. The molecule has 0 spiro atoms. The van der Waals surface area contributed by atoms with Gasteiger partial charge in [0.2, 0.25) is 0 Å². The van der Waals surface area contributed by atoms with Crippen LogP contribution in [0.2, 0.25) is 0 Å². The Labute approximate surface area is 164 Å². The van der Waals surface area contributed by atoms with E-state index in [1.807, 2.05) is 73.7 Å². The van der Waals surface area contributed by atoms with Crippen molar-refractivity contribution >= 4 is 17.7 Å². The summed E-state index contributed by atoms with van der Waals surface area (Å²) in [6.45, 7) is 1.98. The van der Waals surface area contributed by atoms with E-state index in [4.69, 9.17) is 4.74 Å². The largest absolute Gasteiger partial charge is 0.497 e. The van der Waals surface area contributed by atoms with Gasteiger partial charge in [-0.05, 0) is 54.4 Å². The Kier molecular flexibility index (Phi) is 6.55.